The van der Waals surface area contributed by atoms with Gasteiger partial charge in [-0.15, -0.1) is 22.9 Å². The van der Waals surface area contributed by atoms with E-state index in [4.69, 9.17) is 16.0 Å². The third-order valence-corrected chi connectivity index (χ3v) is 5.17. The SMILES string of the molecule is Cc1sc2c(=O)cc(N3CCCCC3)oc2c1C(C)Cl. The van der Waals surface area contributed by atoms with E-state index in [2.05, 4.69) is 4.90 Å². The lowest BCUT2D eigenvalue weighted by Crippen LogP contribution is -2.29. The molecule has 1 saturated heterocycles. The molecule has 0 radical (unpaired) electrons. The predicted molar refractivity (Wildman–Crippen MR) is 85.4 cm³/mol. The molecule has 1 unspecified atom stereocenters. The Balaban J connectivity index is 2.16. The Bertz CT molecular complexity index is 683. The quantitative estimate of drug-likeness (QED) is 0.768. The number of halogens is 1. The van der Waals surface area contributed by atoms with Crippen molar-refractivity contribution in [2.75, 3.05) is 18.0 Å². The summed E-state index contributed by atoms with van der Waals surface area (Å²) in [5.41, 5.74) is 1.69. The molecule has 0 N–H and O–H groups in total. The van der Waals surface area contributed by atoms with Crippen molar-refractivity contribution >= 4 is 39.1 Å². The maximum Gasteiger partial charge on any atom is 0.204 e. The van der Waals surface area contributed by atoms with E-state index in [0.29, 0.717) is 16.2 Å². The topological polar surface area (TPSA) is 33.5 Å². The summed E-state index contributed by atoms with van der Waals surface area (Å²) < 4.78 is 6.73. The number of rotatable bonds is 2. The maximum absolute atomic E-state index is 12.3. The van der Waals surface area contributed by atoms with Crippen molar-refractivity contribution in [1.82, 2.24) is 0 Å². The highest BCUT2D eigenvalue weighted by Crippen LogP contribution is 2.37. The standard InChI is InChI=1S/C15H18ClNO2S/c1-9(16)13-10(2)20-15-11(18)8-12(19-14(13)15)17-6-4-3-5-7-17/h8-9H,3-7H2,1-2H3. The molecule has 1 atom stereocenters. The zero-order valence-corrected chi connectivity index (χ0v) is 13.3. The Morgan fingerprint density at radius 3 is 2.70 bits per heavy atom. The molecule has 3 nitrogen and oxygen atoms in total. The number of fused-ring (bicyclic) bond motifs is 1. The van der Waals surface area contributed by atoms with Gasteiger partial charge in [0.05, 0.1) is 5.38 Å². The van der Waals surface area contributed by atoms with Gasteiger partial charge in [-0.25, -0.2) is 0 Å². The average Bonchev–Trinajstić information content (AvgIpc) is 2.76. The smallest absolute Gasteiger partial charge is 0.204 e. The van der Waals surface area contributed by atoms with Crippen LogP contribution in [0.4, 0.5) is 5.88 Å². The van der Waals surface area contributed by atoms with E-state index in [9.17, 15) is 4.79 Å². The van der Waals surface area contributed by atoms with Crippen LogP contribution in [0.1, 0.15) is 42.0 Å². The van der Waals surface area contributed by atoms with E-state index in [1.807, 2.05) is 13.8 Å². The van der Waals surface area contributed by atoms with Gasteiger partial charge in [-0.05, 0) is 33.1 Å². The molecule has 0 amide bonds. The number of piperidine rings is 1. The Morgan fingerprint density at radius 1 is 1.35 bits per heavy atom. The van der Waals surface area contributed by atoms with Gasteiger partial charge in [-0.3, -0.25) is 4.79 Å². The van der Waals surface area contributed by atoms with Gasteiger partial charge < -0.3 is 9.32 Å². The van der Waals surface area contributed by atoms with E-state index in [1.165, 1.54) is 17.8 Å². The van der Waals surface area contributed by atoms with Crippen LogP contribution in [0.3, 0.4) is 0 Å². The first-order valence-electron chi connectivity index (χ1n) is 7.04. The first kappa shape index (κ1) is 14.0. The van der Waals surface area contributed by atoms with E-state index in [1.54, 1.807) is 6.07 Å². The Labute approximate surface area is 127 Å². The number of anilines is 1. The molecule has 0 bridgehead atoms. The minimum absolute atomic E-state index is 0.0449. The minimum Gasteiger partial charge on any atom is -0.439 e. The molecule has 3 heterocycles. The Morgan fingerprint density at radius 2 is 2.05 bits per heavy atom. The zero-order chi connectivity index (χ0) is 14.3. The number of alkyl halides is 1. The molecule has 0 saturated carbocycles. The van der Waals surface area contributed by atoms with E-state index in [-0.39, 0.29) is 10.8 Å². The highest BCUT2D eigenvalue weighted by Gasteiger charge is 2.21. The lowest BCUT2D eigenvalue weighted by Gasteiger charge is -2.26. The van der Waals surface area contributed by atoms with Gasteiger partial charge in [0.2, 0.25) is 5.43 Å². The predicted octanol–water partition coefficient (Wildman–Crippen LogP) is 4.45. The number of thiophene rings is 1. The first-order chi connectivity index (χ1) is 9.58. The number of hydrogen-bond donors (Lipinski definition) is 0. The van der Waals surface area contributed by atoms with Crippen molar-refractivity contribution in [2.24, 2.45) is 0 Å². The van der Waals surface area contributed by atoms with Crippen LogP contribution >= 0.6 is 22.9 Å². The second-order valence-electron chi connectivity index (χ2n) is 5.34. The van der Waals surface area contributed by atoms with Crippen molar-refractivity contribution in [3.8, 4) is 0 Å². The molecule has 3 rings (SSSR count). The molecular formula is C15H18ClNO2S. The van der Waals surface area contributed by atoms with Crippen LogP contribution in [-0.2, 0) is 0 Å². The summed E-state index contributed by atoms with van der Waals surface area (Å²) in [6.07, 6.45) is 3.57. The second kappa shape index (κ2) is 5.41. The fourth-order valence-electron chi connectivity index (χ4n) is 2.84. The van der Waals surface area contributed by atoms with Crippen molar-refractivity contribution in [3.05, 3.63) is 26.7 Å². The largest absolute Gasteiger partial charge is 0.439 e. The van der Waals surface area contributed by atoms with Crippen LogP contribution in [-0.4, -0.2) is 13.1 Å². The van der Waals surface area contributed by atoms with E-state index < -0.39 is 0 Å². The summed E-state index contributed by atoms with van der Waals surface area (Å²) in [7, 11) is 0. The molecule has 0 aromatic carbocycles. The van der Waals surface area contributed by atoms with Gasteiger partial charge in [0, 0.05) is 29.6 Å². The third-order valence-electron chi connectivity index (χ3n) is 3.84. The molecule has 1 fully saturated rings. The number of hydrogen-bond acceptors (Lipinski definition) is 4. The molecule has 5 heteroatoms. The monoisotopic (exact) mass is 311 g/mol. The number of aryl methyl sites for hydroxylation is 1. The summed E-state index contributed by atoms with van der Waals surface area (Å²) in [5, 5.41) is -0.150. The molecule has 108 valence electrons. The third kappa shape index (κ3) is 2.35. The molecule has 1 aliphatic heterocycles. The van der Waals surface area contributed by atoms with Gasteiger partial charge in [0.15, 0.2) is 11.5 Å². The summed E-state index contributed by atoms with van der Waals surface area (Å²) >= 11 is 7.73. The fraction of sp³-hybridized carbons (Fsp3) is 0.533. The van der Waals surface area contributed by atoms with Crippen LogP contribution < -0.4 is 10.3 Å². The summed E-state index contributed by atoms with van der Waals surface area (Å²) in [6.45, 7) is 5.84. The second-order valence-corrected chi connectivity index (χ2v) is 7.22. The normalized spacial score (nSPS) is 17.6. The summed E-state index contributed by atoms with van der Waals surface area (Å²) in [5.74, 6) is 0.693. The average molecular weight is 312 g/mol. The van der Waals surface area contributed by atoms with Gasteiger partial charge in [0.25, 0.3) is 0 Å². The Kier molecular flexibility index (Phi) is 3.78. The van der Waals surface area contributed by atoms with Gasteiger partial charge in [-0.1, -0.05) is 0 Å². The Hall–Kier alpha value is -1.00. The molecule has 20 heavy (non-hydrogen) atoms. The number of nitrogens with zero attached hydrogens (tertiary/aromatic N) is 1. The molecule has 0 spiro atoms. The highest BCUT2D eigenvalue weighted by molar-refractivity contribution is 7.19. The minimum atomic E-state index is -0.150. The summed E-state index contributed by atoms with van der Waals surface area (Å²) in [6, 6.07) is 1.63. The summed E-state index contributed by atoms with van der Waals surface area (Å²) in [4.78, 5) is 15.5. The van der Waals surface area contributed by atoms with Crippen LogP contribution in [0.5, 0.6) is 0 Å². The van der Waals surface area contributed by atoms with Gasteiger partial charge in [-0.2, -0.15) is 0 Å². The van der Waals surface area contributed by atoms with Crippen LogP contribution in [0.25, 0.3) is 10.3 Å². The lowest BCUT2D eigenvalue weighted by molar-refractivity contribution is 0.511. The molecular weight excluding hydrogens is 294 g/mol. The molecule has 0 aliphatic carbocycles. The van der Waals surface area contributed by atoms with Crippen molar-refractivity contribution in [1.29, 1.82) is 0 Å². The van der Waals surface area contributed by atoms with Crippen LogP contribution in [0.2, 0.25) is 0 Å². The maximum atomic E-state index is 12.3. The fourth-order valence-corrected chi connectivity index (χ4v) is 4.26. The van der Waals surface area contributed by atoms with E-state index >= 15 is 0 Å². The van der Waals surface area contributed by atoms with Crippen molar-refractivity contribution < 1.29 is 4.42 Å². The zero-order valence-electron chi connectivity index (χ0n) is 11.7. The van der Waals surface area contributed by atoms with Gasteiger partial charge >= 0.3 is 0 Å². The molecule has 2 aromatic heterocycles. The highest BCUT2D eigenvalue weighted by atomic mass is 35.5. The van der Waals surface area contributed by atoms with E-state index in [0.717, 1.165) is 36.4 Å². The first-order valence-corrected chi connectivity index (χ1v) is 8.29. The van der Waals surface area contributed by atoms with Gasteiger partial charge in [0.1, 0.15) is 4.70 Å². The van der Waals surface area contributed by atoms with Crippen molar-refractivity contribution in [3.63, 3.8) is 0 Å². The lowest BCUT2D eigenvalue weighted by atomic mass is 10.1. The molecule has 1 aliphatic rings. The van der Waals surface area contributed by atoms with Crippen LogP contribution in [0, 0.1) is 6.92 Å². The molecule has 2 aromatic rings. The van der Waals surface area contributed by atoms with Crippen LogP contribution in [0.15, 0.2) is 15.3 Å². The van der Waals surface area contributed by atoms with Crippen molar-refractivity contribution in [2.45, 2.75) is 38.5 Å².